The molecule has 1 N–H and O–H groups in total. The zero-order chi connectivity index (χ0) is 17.8. The van der Waals surface area contributed by atoms with Crippen molar-refractivity contribution < 1.29 is 9.66 Å². The van der Waals surface area contributed by atoms with Gasteiger partial charge in [0.2, 0.25) is 0 Å². The van der Waals surface area contributed by atoms with Crippen LogP contribution in [0.4, 0.5) is 5.69 Å². The van der Waals surface area contributed by atoms with Gasteiger partial charge in [0.1, 0.15) is 11.2 Å². The fraction of sp³-hybridized carbons (Fsp3) is 0.278. The Labute approximate surface area is 145 Å². The number of ether oxygens (including phenoxy) is 1. The predicted octanol–water partition coefficient (Wildman–Crippen LogP) is 1.41. The maximum Gasteiger partial charge on any atom is 0.269 e. The average molecular weight is 340 g/mol. The van der Waals surface area contributed by atoms with Crippen molar-refractivity contribution in [3.8, 4) is 11.4 Å². The summed E-state index contributed by atoms with van der Waals surface area (Å²) in [4.78, 5) is 20.6. The molecule has 3 rings (SSSR count). The minimum atomic E-state index is -0.412. The van der Waals surface area contributed by atoms with Gasteiger partial charge in [-0.25, -0.2) is 4.98 Å². The highest BCUT2D eigenvalue weighted by atomic mass is 16.6. The quantitative estimate of drug-likeness (QED) is 0.672. The van der Waals surface area contributed by atoms with Gasteiger partial charge in [-0.2, -0.15) is 0 Å². The summed E-state index contributed by atoms with van der Waals surface area (Å²) in [5, 5.41) is 12.5. The van der Waals surface area contributed by atoms with E-state index in [4.69, 9.17) is 9.72 Å². The Bertz CT molecular complexity index is 893. The zero-order valence-corrected chi connectivity index (χ0v) is 14.1. The minimum Gasteiger partial charge on any atom is -0.378 e. The molecule has 1 aliphatic rings. The lowest BCUT2D eigenvalue weighted by atomic mass is 10.2. The standard InChI is InChI=1S/C18H20N4O3/c1-3-4-16-17(13(2)21-9-11-25-12-10-21)20-18(19-16)14-5-7-15(8-6-14)22(23)24/h3-8H,1,9-12H2,2H3,(H,19,20)/b16-4+,17-13-. The number of aromatic nitrogens is 2. The Balaban J connectivity index is 2.07. The van der Waals surface area contributed by atoms with Crippen LogP contribution >= 0.6 is 0 Å². The molecule has 0 spiro atoms. The third-order valence-corrected chi connectivity index (χ3v) is 4.20. The highest BCUT2D eigenvalue weighted by Crippen LogP contribution is 2.18. The summed E-state index contributed by atoms with van der Waals surface area (Å²) in [6.07, 6.45) is 3.59. The first-order valence-corrected chi connectivity index (χ1v) is 8.07. The number of rotatable bonds is 4. The van der Waals surface area contributed by atoms with Crippen LogP contribution in [-0.2, 0) is 4.74 Å². The van der Waals surface area contributed by atoms with Gasteiger partial charge in [-0.15, -0.1) is 0 Å². The van der Waals surface area contributed by atoms with E-state index >= 15 is 0 Å². The number of nitro groups is 1. The third-order valence-electron chi connectivity index (χ3n) is 4.20. The molecule has 1 saturated heterocycles. The molecule has 1 fully saturated rings. The van der Waals surface area contributed by atoms with E-state index in [-0.39, 0.29) is 5.69 Å². The van der Waals surface area contributed by atoms with Crippen molar-refractivity contribution in [3.63, 3.8) is 0 Å². The van der Waals surface area contributed by atoms with Gasteiger partial charge in [0.05, 0.1) is 23.5 Å². The van der Waals surface area contributed by atoms with Gasteiger partial charge in [0.25, 0.3) is 5.69 Å². The van der Waals surface area contributed by atoms with Crippen molar-refractivity contribution in [1.29, 1.82) is 0 Å². The number of morpholine rings is 1. The molecule has 0 aliphatic carbocycles. The van der Waals surface area contributed by atoms with Gasteiger partial charge in [0, 0.05) is 36.5 Å². The Hall–Kier alpha value is -2.93. The van der Waals surface area contributed by atoms with Crippen molar-refractivity contribution in [2.24, 2.45) is 0 Å². The second kappa shape index (κ2) is 7.31. The van der Waals surface area contributed by atoms with E-state index < -0.39 is 4.92 Å². The smallest absolute Gasteiger partial charge is 0.269 e. The fourth-order valence-electron chi connectivity index (χ4n) is 2.83. The highest BCUT2D eigenvalue weighted by Gasteiger charge is 2.14. The van der Waals surface area contributed by atoms with Crippen LogP contribution in [0.2, 0.25) is 0 Å². The number of nitro benzene ring substituents is 1. The Morgan fingerprint density at radius 1 is 1.36 bits per heavy atom. The van der Waals surface area contributed by atoms with Gasteiger partial charge in [-0.3, -0.25) is 10.1 Å². The number of aromatic amines is 1. The van der Waals surface area contributed by atoms with E-state index in [1.165, 1.54) is 12.1 Å². The summed E-state index contributed by atoms with van der Waals surface area (Å²) in [6, 6.07) is 6.35. The summed E-state index contributed by atoms with van der Waals surface area (Å²) in [6.45, 7) is 8.88. The number of imidazole rings is 1. The molecule has 0 unspecified atom stereocenters. The first kappa shape index (κ1) is 16.9. The Morgan fingerprint density at radius 3 is 2.64 bits per heavy atom. The Kier molecular flexibility index (Phi) is 4.95. The molecule has 7 nitrogen and oxygen atoms in total. The van der Waals surface area contributed by atoms with Crippen LogP contribution in [0.25, 0.3) is 23.2 Å². The van der Waals surface area contributed by atoms with E-state index in [1.807, 2.05) is 13.0 Å². The molecule has 0 amide bonds. The average Bonchev–Trinajstić information content (AvgIpc) is 3.06. The maximum absolute atomic E-state index is 10.8. The van der Waals surface area contributed by atoms with Crippen LogP contribution in [0, 0.1) is 10.1 Å². The van der Waals surface area contributed by atoms with Gasteiger partial charge in [-0.1, -0.05) is 12.7 Å². The lowest BCUT2D eigenvalue weighted by Crippen LogP contribution is -2.40. The van der Waals surface area contributed by atoms with Gasteiger partial charge < -0.3 is 14.6 Å². The van der Waals surface area contributed by atoms with Crippen molar-refractivity contribution in [2.75, 3.05) is 26.3 Å². The second-order valence-electron chi connectivity index (χ2n) is 5.74. The normalized spacial score (nSPS) is 16.7. The summed E-state index contributed by atoms with van der Waals surface area (Å²) < 4.78 is 5.41. The van der Waals surface area contributed by atoms with Gasteiger partial charge >= 0.3 is 0 Å². The van der Waals surface area contributed by atoms with Gasteiger partial charge in [-0.05, 0) is 25.1 Å². The van der Waals surface area contributed by atoms with Crippen LogP contribution < -0.4 is 10.7 Å². The molecule has 1 aliphatic heterocycles. The summed E-state index contributed by atoms with van der Waals surface area (Å²) >= 11 is 0. The van der Waals surface area contributed by atoms with Crippen molar-refractivity contribution in [1.82, 2.24) is 14.9 Å². The Morgan fingerprint density at radius 2 is 2.04 bits per heavy atom. The fourth-order valence-corrected chi connectivity index (χ4v) is 2.83. The molecule has 7 heteroatoms. The van der Waals surface area contributed by atoms with E-state index in [0.717, 1.165) is 35.0 Å². The highest BCUT2D eigenvalue weighted by molar-refractivity contribution is 5.58. The van der Waals surface area contributed by atoms with Crippen molar-refractivity contribution >= 4 is 17.5 Å². The lowest BCUT2D eigenvalue weighted by molar-refractivity contribution is -0.384. The second-order valence-corrected chi connectivity index (χ2v) is 5.74. The molecule has 0 atom stereocenters. The number of allylic oxidation sites excluding steroid dienone is 1. The van der Waals surface area contributed by atoms with Crippen LogP contribution in [0.1, 0.15) is 6.92 Å². The van der Waals surface area contributed by atoms with Crippen LogP contribution in [-0.4, -0.2) is 46.1 Å². The number of hydrogen-bond donors (Lipinski definition) is 1. The van der Waals surface area contributed by atoms with Gasteiger partial charge in [0.15, 0.2) is 0 Å². The number of benzene rings is 1. The SMILES string of the molecule is C=C/C=c1/[nH]c(-c2ccc([N+](=O)[O-])cc2)n/c1=C(/C)N1CCOCC1. The number of non-ortho nitro benzene ring substituents is 1. The molecule has 130 valence electrons. The third kappa shape index (κ3) is 3.61. The minimum absolute atomic E-state index is 0.0597. The first-order valence-electron chi connectivity index (χ1n) is 8.07. The summed E-state index contributed by atoms with van der Waals surface area (Å²) in [5.74, 6) is 0.672. The lowest BCUT2D eigenvalue weighted by Gasteiger charge is -2.28. The molecule has 0 radical (unpaired) electrons. The first-order chi connectivity index (χ1) is 12.1. The zero-order valence-electron chi connectivity index (χ0n) is 14.1. The van der Waals surface area contributed by atoms with Crippen LogP contribution in [0.5, 0.6) is 0 Å². The van der Waals surface area contributed by atoms with Crippen molar-refractivity contribution in [2.45, 2.75) is 6.92 Å². The van der Waals surface area contributed by atoms with Crippen LogP contribution in [0.3, 0.4) is 0 Å². The molecule has 2 aromatic rings. The molecule has 1 aromatic heterocycles. The predicted molar refractivity (Wildman–Crippen MR) is 96.1 cm³/mol. The monoisotopic (exact) mass is 340 g/mol. The molecular formula is C18H20N4O3. The number of H-pyrrole nitrogens is 1. The van der Waals surface area contributed by atoms with E-state index in [9.17, 15) is 10.1 Å². The number of nitrogens with zero attached hydrogens (tertiary/aromatic N) is 3. The molecule has 25 heavy (non-hydrogen) atoms. The number of hydrogen-bond acceptors (Lipinski definition) is 5. The molecule has 2 heterocycles. The number of nitrogens with one attached hydrogen (secondary N) is 1. The van der Waals surface area contributed by atoms with Crippen LogP contribution in [0.15, 0.2) is 36.9 Å². The topological polar surface area (TPSA) is 84.3 Å². The summed E-state index contributed by atoms with van der Waals surface area (Å²) in [5.41, 5.74) is 1.93. The van der Waals surface area contributed by atoms with E-state index in [2.05, 4.69) is 16.5 Å². The van der Waals surface area contributed by atoms with E-state index in [1.54, 1.807) is 18.2 Å². The molecular weight excluding hydrogens is 320 g/mol. The summed E-state index contributed by atoms with van der Waals surface area (Å²) in [7, 11) is 0. The molecule has 0 bridgehead atoms. The van der Waals surface area contributed by atoms with E-state index in [0.29, 0.717) is 19.0 Å². The van der Waals surface area contributed by atoms with Crippen molar-refractivity contribution in [3.05, 3.63) is 57.7 Å². The molecule has 0 saturated carbocycles. The largest absolute Gasteiger partial charge is 0.378 e. The maximum atomic E-state index is 10.8. The molecule has 1 aromatic carbocycles.